The summed E-state index contributed by atoms with van der Waals surface area (Å²) >= 11 is 3.46. The fraction of sp³-hybridized carbons (Fsp3) is 0.200. The number of nitrogens with zero attached hydrogens (tertiary/aromatic N) is 2. The van der Waals surface area contributed by atoms with E-state index in [1.165, 1.54) is 0 Å². The van der Waals surface area contributed by atoms with Crippen molar-refractivity contribution in [2.75, 3.05) is 4.90 Å². The number of nitrogens with two attached hydrogens (primary N) is 1. The van der Waals surface area contributed by atoms with Crippen LogP contribution in [-0.4, -0.2) is 5.78 Å². The van der Waals surface area contributed by atoms with E-state index >= 15 is 0 Å². The van der Waals surface area contributed by atoms with Crippen LogP contribution >= 0.6 is 15.9 Å². The Morgan fingerprint density at radius 3 is 2.54 bits per heavy atom. The summed E-state index contributed by atoms with van der Waals surface area (Å²) in [7, 11) is 0. The molecule has 0 aromatic heterocycles. The van der Waals surface area contributed by atoms with Crippen molar-refractivity contribution in [1.29, 1.82) is 5.26 Å². The molecule has 1 aliphatic carbocycles. The van der Waals surface area contributed by atoms with E-state index in [1.807, 2.05) is 60.4 Å². The Morgan fingerprint density at radius 1 is 1.00 bits per heavy atom. The minimum Gasteiger partial charge on any atom is -0.489 e. The molecular formula is C35H30BrN3O2. The number of fused-ring (bicyclic) bond motifs is 1. The number of ether oxygens (including phenoxy) is 1. The Balaban J connectivity index is 1.49. The highest BCUT2D eigenvalue weighted by atomic mass is 79.9. The van der Waals surface area contributed by atoms with Crippen LogP contribution in [0.2, 0.25) is 0 Å². The van der Waals surface area contributed by atoms with Crippen molar-refractivity contribution < 1.29 is 9.53 Å². The Labute approximate surface area is 248 Å². The van der Waals surface area contributed by atoms with E-state index in [9.17, 15) is 10.1 Å². The summed E-state index contributed by atoms with van der Waals surface area (Å²) in [6, 6.07) is 28.6. The number of Topliss-reactive ketones (excluding diaryl/α,β-unsaturated/α-hetero) is 1. The van der Waals surface area contributed by atoms with Gasteiger partial charge < -0.3 is 10.5 Å². The summed E-state index contributed by atoms with van der Waals surface area (Å²) in [5.74, 6) is 0.706. The predicted molar refractivity (Wildman–Crippen MR) is 166 cm³/mol. The topological polar surface area (TPSA) is 79.4 Å². The SMILES string of the molecule is Cc1cc(C)c(C2C(C#N)=C(N)N(c3cccc4ccccc34)C3=C2C(=O)CCC3)cc1COc1ccc(Br)cc1. The fourth-order valence-electron chi connectivity index (χ4n) is 6.15. The van der Waals surface area contributed by atoms with E-state index in [2.05, 4.69) is 59.3 Å². The Hall–Kier alpha value is -4.34. The summed E-state index contributed by atoms with van der Waals surface area (Å²) in [6.45, 7) is 4.47. The van der Waals surface area contributed by atoms with Crippen LogP contribution in [0.4, 0.5) is 5.69 Å². The number of benzene rings is 4. The molecule has 0 saturated heterocycles. The molecular weight excluding hydrogens is 574 g/mol. The van der Waals surface area contributed by atoms with Gasteiger partial charge in [0, 0.05) is 27.5 Å². The third-order valence-corrected chi connectivity index (χ3v) is 8.69. The number of carbonyl (C=O) groups excluding carboxylic acids is 1. The van der Waals surface area contributed by atoms with E-state index in [0.29, 0.717) is 36.4 Å². The normalized spacial score (nSPS) is 17.1. The average molecular weight is 605 g/mol. The number of aryl methyl sites for hydroxylation is 2. The lowest BCUT2D eigenvalue weighted by molar-refractivity contribution is -0.116. The van der Waals surface area contributed by atoms with Crippen LogP contribution in [0.5, 0.6) is 5.75 Å². The number of anilines is 1. The zero-order valence-corrected chi connectivity index (χ0v) is 24.7. The first-order valence-corrected chi connectivity index (χ1v) is 14.6. The molecule has 0 bridgehead atoms. The molecule has 2 aliphatic rings. The van der Waals surface area contributed by atoms with E-state index in [1.54, 1.807) is 0 Å². The Morgan fingerprint density at radius 2 is 1.76 bits per heavy atom. The number of rotatable bonds is 5. The van der Waals surface area contributed by atoms with Crippen LogP contribution in [0.25, 0.3) is 10.8 Å². The minimum atomic E-state index is -0.527. The Kier molecular flexibility index (Phi) is 7.15. The van der Waals surface area contributed by atoms with Gasteiger partial charge in [-0.25, -0.2) is 0 Å². The Bertz CT molecular complexity index is 1790. The van der Waals surface area contributed by atoms with Crippen LogP contribution in [0, 0.1) is 25.2 Å². The fourth-order valence-corrected chi connectivity index (χ4v) is 6.41. The maximum Gasteiger partial charge on any atom is 0.161 e. The number of hydrogen-bond donors (Lipinski definition) is 1. The van der Waals surface area contributed by atoms with Crippen LogP contribution < -0.4 is 15.4 Å². The molecule has 0 radical (unpaired) electrons. The molecule has 0 spiro atoms. The molecule has 1 heterocycles. The quantitative estimate of drug-likeness (QED) is 0.249. The molecule has 2 N–H and O–H groups in total. The van der Waals surface area contributed by atoms with Crippen molar-refractivity contribution in [2.45, 2.75) is 45.6 Å². The van der Waals surface area contributed by atoms with Crippen LogP contribution in [0.3, 0.4) is 0 Å². The van der Waals surface area contributed by atoms with Gasteiger partial charge in [-0.1, -0.05) is 64.5 Å². The summed E-state index contributed by atoms with van der Waals surface area (Å²) in [6.07, 6.45) is 1.92. The van der Waals surface area contributed by atoms with Gasteiger partial charge in [-0.3, -0.25) is 9.69 Å². The number of halogens is 1. The second kappa shape index (κ2) is 10.9. The maximum absolute atomic E-state index is 13.7. The highest BCUT2D eigenvalue weighted by Gasteiger charge is 2.41. The monoisotopic (exact) mass is 603 g/mol. The van der Waals surface area contributed by atoms with E-state index in [4.69, 9.17) is 10.5 Å². The first-order valence-electron chi connectivity index (χ1n) is 13.8. The first-order chi connectivity index (χ1) is 19.9. The lowest BCUT2D eigenvalue weighted by atomic mass is 9.74. The number of nitriles is 1. The summed E-state index contributed by atoms with van der Waals surface area (Å²) in [5.41, 5.74) is 13.8. The molecule has 1 unspecified atom stereocenters. The largest absolute Gasteiger partial charge is 0.489 e. The molecule has 4 aromatic carbocycles. The van der Waals surface area contributed by atoms with Gasteiger partial charge >= 0.3 is 0 Å². The lowest BCUT2D eigenvalue weighted by Gasteiger charge is -2.40. The summed E-state index contributed by atoms with van der Waals surface area (Å²) in [4.78, 5) is 15.7. The minimum absolute atomic E-state index is 0.0781. The van der Waals surface area contributed by atoms with Gasteiger partial charge in [0.25, 0.3) is 0 Å². The molecule has 6 heteroatoms. The van der Waals surface area contributed by atoms with Crippen molar-refractivity contribution in [1.82, 2.24) is 0 Å². The van der Waals surface area contributed by atoms with Crippen LogP contribution in [0.1, 0.15) is 47.4 Å². The predicted octanol–water partition coefficient (Wildman–Crippen LogP) is 8.10. The number of hydrogen-bond acceptors (Lipinski definition) is 5. The standard InChI is InChI=1S/C35H30BrN3O2/c1-21-17-22(2)28(18-24(21)20-41-26-15-13-25(36)14-16-26)33-29(19-37)35(38)39(31-11-6-12-32(40)34(31)33)30-10-5-8-23-7-3-4-9-27(23)30/h3-5,7-10,13-18,33H,6,11-12,20,38H2,1-2H3. The molecule has 4 aromatic rings. The number of carbonyl (C=O) groups is 1. The zero-order chi connectivity index (χ0) is 28.7. The van der Waals surface area contributed by atoms with E-state index in [0.717, 1.165) is 61.1 Å². The summed E-state index contributed by atoms with van der Waals surface area (Å²) < 4.78 is 7.11. The zero-order valence-electron chi connectivity index (χ0n) is 23.1. The van der Waals surface area contributed by atoms with Crippen molar-refractivity contribution in [3.63, 3.8) is 0 Å². The van der Waals surface area contributed by atoms with E-state index < -0.39 is 5.92 Å². The lowest BCUT2D eigenvalue weighted by Crippen LogP contribution is -2.39. The maximum atomic E-state index is 13.7. The molecule has 1 aliphatic heterocycles. The molecule has 0 fully saturated rings. The highest BCUT2D eigenvalue weighted by molar-refractivity contribution is 9.10. The number of ketones is 1. The first kappa shape index (κ1) is 26.9. The van der Waals surface area contributed by atoms with Gasteiger partial charge in [-0.05, 0) is 84.7 Å². The molecule has 204 valence electrons. The van der Waals surface area contributed by atoms with Crippen LogP contribution in [-0.2, 0) is 11.4 Å². The molecule has 0 amide bonds. The molecule has 6 rings (SSSR count). The molecule has 41 heavy (non-hydrogen) atoms. The van der Waals surface area contributed by atoms with Crippen LogP contribution in [0.15, 0.2) is 106 Å². The second-order valence-corrected chi connectivity index (χ2v) is 11.6. The van der Waals surface area contributed by atoms with E-state index in [-0.39, 0.29) is 5.78 Å². The molecule has 1 atom stereocenters. The van der Waals surface area contributed by atoms with Crippen molar-refractivity contribution in [2.24, 2.45) is 5.73 Å². The van der Waals surface area contributed by atoms with Gasteiger partial charge in [-0.2, -0.15) is 5.26 Å². The summed E-state index contributed by atoms with van der Waals surface area (Å²) in [5, 5.41) is 12.7. The van der Waals surface area contributed by atoms with Gasteiger partial charge in [0.1, 0.15) is 18.2 Å². The van der Waals surface area contributed by atoms with Gasteiger partial charge in [0.2, 0.25) is 0 Å². The number of allylic oxidation sites excluding steroid dienone is 3. The molecule has 5 nitrogen and oxygen atoms in total. The smallest absolute Gasteiger partial charge is 0.161 e. The highest BCUT2D eigenvalue weighted by Crippen LogP contribution is 2.48. The van der Waals surface area contributed by atoms with Crippen molar-refractivity contribution in [3.05, 3.63) is 128 Å². The van der Waals surface area contributed by atoms with Crippen molar-refractivity contribution in [3.8, 4) is 11.8 Å². The molecule has 0 saturated carbocycles. The third kappa shape index (κ3) is 4.81. The third-order valence-electron chi connectivity index (χ3n) is 8.16. The van der Waals surface area contributed by atoms with Crippen molar-refractivity contribution >= 4 is 38.2 Å². The van der Waals surface area contributed by atoms with Gasteiger partial charge in [-0.15, -0.1) is 0 Å². The van der Waals surface area contributed by atoms with Gasteiger partial charge in [0.05, 0.1) is 23.2 Å². The average Bonchev–Trinajstić information content (AvgIpc) is 2.97. The van der Waals surface area contributed by atoms with Gasteiger partial charge in [0.15, 0.2) is 5.78 Å². The second-order valence-electron chi connectivity index (χ2n) is 10.7.